The summed E-state index contributed by atoms with van der Waals surface area (Å²) in [6.45, 7) is 12.4. The summed E-state index contributed by atoms with van der Waals surface area (Å²) in [5.41, 5.74) is 8.43. The van der Waals surface area contributed by atoms with Crippen LogP contribution in [0, 0.1) is 17.7 Å². The molecule has 1 amide bonds. The van der Waals surface area contributed by atoms with Crippen LogP contribution in [0.2, 0.25) is 0 Å². The number of nitrogens with two attached hydrogens (primary N) is 2. The Kier molecular flexibility index (Phi) is 10.4. The molecule has 12 heteroatoms. The SMILES string of the molecule is COCCN1CCN(c2cncc(C(=N)CN(N)c3cc(C(=O)N=C(N)CC(=O)C(C)(C)C)cnc3C)c2)CC1. The molecule has 0 spiro atoms. The molecule has 12 nitrogen and oxygen atoms in total. The number of nitrogens with one attached hydrogen (secondary N) is 1. The summed E-state index contributed by atoms with van der Waals surface area (Å²) in [4.78, 5) is 42.1. The molecule has 0 aliphatic carbocycles. The fraction of sp³-hybridized carbons (Fsp3) is 0.500. The number of hydrogen-bond donors (Lipinski definition) is 3. The largest absolute Gasteiger partial charge is 0.387 e. The molecular formula is C28H41N9O3. The van der Waals surface area contributed by atoms with E-state index in [1.165, 1.54) is 11.2 Å². The predicted molar refractivity (Wildman–Crippen MR) is 157 cm³/mol. The molecule has 2 aromatic heterocycles. The summed E-state index contributed by atoms with van der Waals surface area (Å²) >= 11 is 0. The van der Waals surface area contributed by atoms with Gasteiger partial charge >= 0.3 is 0 Å². The van der Waals surface area contributed by atoms with Crippen LogP contribution >= 0.6 is 0 Å². The Morgan fingerprint density at radius 3 is 2.48 bits per heavy atom. The second-order valence-electron chi connectivity index (χ2n) is 10.9. The van der Waals surface area contributed by atoms with Crippen molar-refractivity contribution >= 4 is 34.6 Å². The number of carbonyl (C=O) groups is 2. The van der Waals surface area contributed by atoms with E-state index in [0.717, 1.165) is 45.0 Å². The van der Waals surface area contributed by atoms with Gasteiger partial charge in [0.1, 0.15) is 11.6 Å². The summed E-state index contributed by atoms with van der Waals surface area (Å²) in [6, 6.07) is 3.52. The molecule has 0 unspecified atom stereocenters. The third-order valence-electron chi connectivity index (χ3n) is 6.79. The molecule has 2 aromatic rings. The van der Waals surface area contributed by atoms with Crippen molar-refractivity contribution in [1.82, 2.24) is 14.9 Å². The van der Waals surface area contributed by atoms with Gasteiger partial charge in [-0.2, -0.15) is 4.99 Å². The maximum absolute atomic E-state index is 12.7. The fourth-order valence-electron chi connectivity index (χ4n) is 4.16. The lowest BCUT2D eigenvalue weighted by Crippen LogP contribution is -2.47. The highest BCUT2D eigenvalue weighted by atomic mass is 16.5. The van der Waals surface area contributed by atoms with E-state index in [0.29, 0.717) is 16.9 Å². The monoisotopic (exact) mass is 551 g/mol. The van der Waals surface area contributed by atoms with Crippen molar-refractivity contribution < 1.29 is 14.3 Å². The number of ketones is 1. The number of aromatic nitrogens is 2. The van der Waals surface area contributed by atoms with E-state index >= 15 is 0 Å². The standard InChI is InChI=1S/C28H41N9O3/c1-19-24(13-21(16-33-19)27(39)34-26(30)14-25(38)28(2,3)4)37(31)18-23(29)20-12-22(17-32-15-20)36-8-6-35(7-9-36)10-11-40-5/h12-13,15-17,29H,6-11,14,18,31H2,1-5H3,(H2,30,34,39). The van der Waals surface area contributed by atoms with Crippen molar-refractivity contribution in [2.75, 3.05) is 62.9 Å². The molecule has 5 N–H and O–H groups in total. The molecule has 1 fully saturated rings. The van der Waals surface area contributed by atoms with Gasteiger partial charge in [0.05, 0.1) is 54.1 Å². The molecular weight excluding hydrogens is 510 g/mol. The lowest BCUT2D eigenvalue weighted by Gasteiger charge is -2.36. The van der Waals surface area contributed by atoms with Gasteiger partial charge in [0.2, 0.25) is 0 Å². The predicted octanol–water partition coefficient (Wildman–Crippen LogP) is 1.80. The molecule has 1 aliphatic heterocycles. The number of pyridine rings is 2. The average molecular weight is 552 g/mol. The number of carbonyl (C=O) groups excluding carboxylic acids is 2. The third-order valence-corrected chi connectivity index (χ3v) is 6.79. The number of ether oxygens (including phenoxy) is 1. The van der Waals surface area contributed by atoms with Gasteiger partial charge < -0.3 is 25.8 Å². The maximum atomic E-state index is 12.7. The number of amides is 1. The van der Waals surface area contributed by atoms with E-state index in [1.54, 1.807) is 47.1 Å². The summed E-state index contributed by atoms with van der Waals surface area (Å²) in [5, 5.41) is 10.1. The molecule has 0 radical (unpaired) electrons. The van der Waals surface area contributed by atoms with E-state index in [2.05, 4.69) is 24.8 Å². The van der Waals surface area contributed by atoms with E-state index in [1.807, 2.05) is 12.3 Å². The van der Waals surface area contributed by atoms with Crippen LogP contribution in [0.15, 0.2) is 35.7 Å². The molecule has 1 saturated heterocycles. The molecule has 0 aromatic carbocycles. The Bertz CT molecular complexity index is 1250. The number of methoxy groups -OCH3 is 1. The number of Topliss-reactive ketones (excluding diaryl/α,β-unsaturated/α-hetero) is 1. The molecule has 0 atom stereocenters. The van der Waals surface area contributed by atoms with Crippen molar-refractivity contribution in [3.63, 3.8) is 0 Å². The summed E-state index contributed by atoms with van der Waals surface area (Å²) in [7, 11) is 1.71. The second kappa shape index (κ2) is 13.6. The minimum Gasteiger partial charge on any atom is -0.387 e. The molecule has 216 valence electrons. The molecule has 3 rings (SSSR count). The Morgan fingerprint density at radius 2 is 1.82 bits per heavy atom. The van der Waals surface area contributed by atoms with Crippen molar-refractivity contribution in [3.05, 3.63) is 47.5 Å². The Balaban J connectivity index is 1.67. The van der Waals surface area contributed by atoms with Crippen LogP contribution in [0.3, 0.4) is 0 Å². The number of aryl methyl sites for hydroxylation is 1. The van der Waals surface area contributed by atoms with Gasteiger partial charge in [-0.05, 0) is 19.1 Å². The molecule has 0 bridgehead atoms. The first-order chi connectivity index (χ1) is 18.9. The Hall–Kier alpha value is -3.74. The lowest BCUT2D eigenvalue weighted by atomic mass is 9.89. The highest BCUT2D eigenvalue weighted by Gasteiger charge is 2.23. The van der Waals surface area contributed by atoms with Crippen LogP contribution in [0.1, 0.15) is 48.8 Å². The first-order valence-corrected chi connectivity index (χ1v) is 13.3. The Morgan fingerprint density at radius 1 is 1.12 bits per heavy atom. The number of aliphatic imine (C=N–C) groups is 1. The highest BCUT2D eigenvalue weighted by Crippen LogP contribution is 2.21. The van der Waals surface area contributed by atoms with Gasteiger partial charge in [0.15, 0.2) is 0 Å². The topological polar surface area (TPSA) is 167 Å². The van der Waals surface area contributed by atoms with E-state index in [-0.39, 0.29) is 35.9 Å². The van der Waals surface area contributed by atoms with Gasteiger partial charge in [-0.25, -0.2) is 5.84 Å². The number of amidine groups is 1. The number of hydrogen-bond acceptors (Lipinski definition) is 10. The second-order valence-corrected chi connectivity index (χ2v) is 10.9. The van der Waals surface area contributed by atoms with E-state index < -0.39 is 11.3 Å². The Labute approximate surface area is 235 Å². The van der Waals surface area contributed by atoms with Crippen LogP contribution in [0.4, 0.5) is 11.4 Å². The number of rotatable bonds is 11. The minimum absolute atomic E-state index is 0.0535. The zero-order chi connectivity index (χ0) is 29.4. The molecule has 0 saturated carbocycles. The quantitative estimate of drug-likeness (QED) is 0.162. The van der Waals surface area contributed by atoms with Crippen LogP contribution in [-0.4, -0.2) is 91.1 Å². The average Bonchev–Trinajstić information content (AvgIpc) is 2.91. The van der Waals surface area contributed by atoms with Gasteiger partial charge in [0, 0.05) is 63.2 Å². The third kappa shape index (κ3) is 8.38. The number of anilines is 2. The number of hydrazine groups is 1. The highest BCUT2D eigenvalue weighted by molar-refractivity contribution is 6.09. The van der Waals surface area contributed by atoms with Crippen LogP contribution < -0.4 is 21.5 Å². The van der Waals surface area contributed by atoms with Gasteiger partial charge in [0.25, 0.3) is 5.91 Å². The van der Waals surface area contributed by atoms with E-state index in [4.69, 9.17) is 21.7 Å². The van der Waals surface area contributed by atoms with Gasteiger partial charge in [-0.1, -0.05) is 20.8 Å². The first-order valence-electron chi connectivity index (χ1n) is 13.3. The molecule has 3 heterocycles. The van der Waals surface area contributed by atoms with Crippen molar-refractivity contribution in [1.29, 1.82) is 5.41 Å². The first kappa shape index (κ1) is 30.8. The van der Waals surface area contributed by atoms with Crippen molar-refractivity contribution in [3.8, 4) is 0 Å². The smallest absolute Gasteiger partial charge is 0.280 e. The molecule has 40 heavy (non-hydrogen) atoms. The summed E-state index contributed by atoms with van der Waals surface area (Å²) in [5.74, 6) is 5.56. The summed E-state index contributed by atoms with van der Waals surface area (Å²) in [6.07, 6.45) is 4.74. The lowest BCUT2D eigenvalue weighted by molar-refractivity contribution is -0.125. The zero-order valence-corrected chi connectivity index (χ0v) is 24.1. The fourth-order valence-corrected chi connectivity index (χ4v) is 4.16. The zero-order valence-electron chi connectivity index (χ0n) is 24.1. The van der Waals surface area contributed by atoms with Gasteiger partial charge in [-0.3, -0.25) is 24.5 Å². The van der Waals surface area contributed by atoms with Crippen LogP contribution in [0.25, 0.3) is 0 Å². The van der Waals surface area contributed by atoms with Crippen LogP contribution in [-0.2, 0) is 9.53 Å². The van der Waals surface area contributed by atoms with Crippen molar-refractivity contribution in [2.24, 2.45) is 22.0 Å². The van der Waals surface area contributed by atoms with E-state index in [9.17, 15) is 9.59 Å². The minimum atomic E-state index is -0.615. The normalized spacial score (nSPS) is 14.8. The number of nitrogens with zero attached hydrogens (tertiary/aromatic N) is 6. The van der Waals surface area contributed by atoms with Gasteiger partial charge in [-0.15, -0.1) is 0 Å². The van der Waals surface area contributed by atoms with Crippen LogP contribution in [0.5, 0.6) is 0 Å². The summed E-state index contributed by atoms with van der Waals surface area (Å²) < 4.78 is 5.18. The van der Waals surface area contributed by atoms with Crippen molar-refractivity contribution in [2.45, 2.75) is 34.1 Å². The number of piperazine rings is 1. The molecule has 1 aliphatic rings. The maximum Gasteiger partial charge on any atom is 0.280 e.